The molecule has 164 valence electrons. The van der Waals surface area contributed by atoms with Crippen molar-refractivity contribution < 1.29 is 30.8 Å². The largest absolute Gasteiger partial charge is 0.417 e. The molecular formula is C19H16F4N4O3S. The minimum atomic E-state index is -4.81. The van der Waals surface area contributed by atoms with Crippen LogP contribution >= 0.6 is 0 Å². The smallest absolute Gasteiger partial charge is 0.368 e. The maximum absolute atomic E-state index is 14.0. The summed E-state index contributed by atoms with van der Waals surface area (Å²) in [4.78, 5) is 12.7. The molecule has 12 heteroatoms. The van der Waals surface area contributed by atoms with Gasteiger partial charge in [0.1, 0.15) is 16.8 Å². The lowest BCUT2D eigenvalue weighted by atomic mass is 10.0. The van der Waals surface area contributed by atoms with Crippen LogP contribution in [0.25, 0.3) is 0 Å². The highest BCUT2D eigenvalue weighted by molar-refractivity contribution is 7.89. The lowest BCUT2D eigenvalue weighted by Gasteiger charge is -2.40. The standard InChI is InChI=1S/C19H16F4N4O3S/c20-15-3-1-2-4-17(15)31(29,30)26-7-8-27(16(11-26)18(25)28)13-6-5-12(10-24)14(9-13)19(21,22)23/h1-6,9,16H,7-8,11H2,(H2,25,28). The van der Waals surface area contributed by atoms with Gasteiger partial charge in [0.05, 0.1) is 17.2 Å². The Morgan fingerprint density at radius 1 is 1.16 bits per heavy atom. The van der Waals surface area contributed by atoms with Crippen molar-refractivity contribution >= 4 is 21.6 Å². The van der Waals surface area contributed by atoms with Crippen molar-refractivity contribution in [1.82, 2.24) is 4.31 Å². The molecule has 2 aromatic rings. The molecule has 1 atom stereocenters. The first-order valence-corrected chi connectivity index (χ1v) is 10.3. The molecule has 31 heavy (non-hydrogen) atoms. The molecule has 1 unspecified atom stereocenters. The summed E-state index contributed by atoms with van der Waals surface area (Å²) in [5.41, 5.74) is 3.58. The van der Waals surface area contributed by atoms with E-state index in [0.717, 1.165) is 28.6 Å². The quantitative estimate of drug-likeness (QED) is 0.709. The summed E-state index contributed by atoms with van der Waals surface area (Å²) < 4.78 is 80.4. The Bertz CT molecular complexity index is 1160. The van der Waals surface area contributed by atoms with Gasteiger partial charge in [-0.3, -0.25) is 4.79 Å². The van der Waals surface area contributed by atoms with Crippen molar-refractivity contribution in [1.29, 1.82) is 5.26 Å². The molecule has 1 amide bonds. The van der Waals surface area contributed by atoms with Crippen LogP contribution in [0.4, 0.5) is 23.2 Å². The summed E-state index contributed by atoms with van der Waals surface area (Å²) in [6.07, 6.45) is -4.81. The van der Waals surface area contributed by atoms with E-state index in [4.69, 9.17) is 11.0 Å². The van der Waals surface area contributed by atoms with Crippen LogP contribution in [0, 0.1) is 17.1 Å². The van der Waals surface area contributed by atoms with E-state index in [9.17, 15) is 30.8 Å². The Hall–Kier alpha value is -3.17. The van der Waals surface area contributed by atoms with Crippen LogP contribution in [0.2, 0.25) is 0 Å². The zero-order valence-electron chi connectivity index (χ0n) is 15.8. The van der Waals surface area contributed by atoms with Gasteiger partial charge < -0.3 is 10.6 Å². The molecule has 1 aliphatic heterocycles. The number of anilines is 1. The molecule has 2 aromatic carbocycles. The van der Waals surface area contributed by atoms with Crippen LogP contribution in [0.15, 0.2) is 47.4 Å². The van der Waals surface area contributed by atoms with E-state index in [0.29, 0.717) is 0 Å². The highest BCUT2D eigenvalue weighted by Crippen LogP contribution is 2.35. The monoisotopic (exact) mass is 456 g/mol. The molecule has 0 aliphatic carbocycles. The fourth-order valence-electron chi connectivity index (χ4n) is 3.36. The van der Waals surface area contributed by atoms with Gasteiger partial charge in [-0.2, -0.15) is 22.7 Å². The number of piperazine rings is 1. The van der Waals surface area contributed by atoms with E-state index in [-0.39, 0.29) is 18.8 Å². The summed E-state index contributed by atoms with van der Waals surface area (Å²) in [5.74, 6) is -1.94. The van der Waals surface area contributed by atoms with E-state index < -0.39 is 56.5 Å². The maximum atomic E-state index is 14.0. The van der Waals surface area contributed by atoms with E-state index in [2.05, 4.69) is 0 Å². The lowest BCUT2D eigenvalue weighted by molar-refractivity contribution is -0.137. The normalized spacial score (nSPS) is 17.9. The first-order chi connectivity index (χ1) is 14.5. The summed E-state index contributed by atoms with van der Waals surface area (Å²) in [6.45, 7) is -0.875. The minimum Gasteiger partial charge on any atom is -0.368 e. The van der Waals surface area contributed by atoms with Gasteiger partial charge in [-0.15, -0.1) is 0 Å². The second-order valence-electron chi connectivity index (χ2n) is 6.74. The van der Waals surface area contributed by atoms with E-state index in [1.54, 1.807) is 0 Å². The molecule has 0 bridgehead atoms. The first kappa shape index (κ1) is 22.5. The van der Waals surface area contributed by atoms with Gasteiger partial charge in [-0.05, 0) is 30.3 Å². The third kappa shape index (κ3) is 4.33. The molecule has 3 rings (SSSR count). The number of amides is 1. The summed E-state index contributed by atoms with van der Waals surface area (Å²) in [7, 11) is -4.31. The topological polar surface area (TPSA) is 108 Å². The average Bonchev–Trinajstić information content (AvgIpc) is 2.72. The number of nitrogens with two attached hydrogens (primary N) is 1. The molecule has 1 saturated heterocycles. The van der Waals surface area contributed by atoms with Gasteiger partial charge in [0.25, 0.3) is 0 Å². The third-order valence-corrected chi connectivity index (χ3v) is 6.79. The predicted molar refractivity (Wildman–Crippen MR) is 102 cm³/mol. The predicted octanol–water partition coefficient (Wildman–Crippen LogP) is 2.08. The first-order valence-electron chi connectivity index (χ1n) is 8.89. The number of hydrogen-bond donors (Lipinski definition) is 1. The number of alkyl halides is 3. The third-order valence-electron chi connectivity index (χ3n) is 4.89. The number of sulfonamides is 1. The van der Waals surface area contributed by atoms with Crippen molar-refractivity contribution in [2.45, 2.75) is 17.1 Å². The molecule has 0 radical (unpaired) electrons. The minimum absolute atomic E-state index is 0.0435. The summed E-state index contributed by atoms with van der Waals surface area (Å²) >= 11 is 0. The Morgan fingerprint density at radius 2 is 1.84 bits per heavy atom. The maximum Gasteiger partial charge on any atom is 0.417 e. The van der Waals surface area contributed by atoms with Crippen molar-refractivity contribution in [3.63, 3.8) is 0 Å². The number of halogens is 4. The molecule has 1 fully saturated rings. The number of rotatable bonds is 4. The van der Waals surface area contributed by atoms with Crippen LogP contribution in [0.1, 0.15) is 11.1 Å². The Kier molecular flexibility index (Phi) is 5.93. The summed E-state index contributed by atoms with van der Waals surface area (Å²) in [6, 6.07) is 7.79. The fraction of sp³-hybridized carbons (Fsp3) is 0.263. The zero-order chi connectivity index (χ0) is 23.0. The van der Waals surface area contributed by atoms with Crippen molar-refractivity contribution in [2.75, 3.05) is 24.5 Å². The number of primary amides is 1. The highest BCUT2D eigenvalue weighted by atomic mass is 32.2. The van der Waals surface area contributed by atoms with Crippen LogP contribution in [0.5, 0.6) is 0 Å². The second-order valence-corrected chi connectivity index (χ2v) is 8.65. The van der Waals surface area contributed by atoms with Crippen LogP contribution in [-0.4, -0.2) is 44.3 Å². The fourth-order valence-corrected chi connectivity index (χ4v) is 4.87. The zero-order valence-corrected chi connectivity index (χ0v) is 16.6. The molecule has 0 saturated carbocycles. The van der Waals surface area contributed by atoms with Gasteiger partial charge in [-0.25, -0.2) is 12.8 Å². The molecule has 2 N–H and O–H groups in total. The van der Waals surface area contributed by atoms with Gasteiger partial charge in [0.2, 0.25) is 15.9 Å². The molecule has 0 aromatic heterocycles. The number of nitrogens with zero attached hydrogens (tertiary/aromatic N) is 3. The van der Waals surface area contributed by atoms with Crippen molar-refractivity contribution in [3.05, 3.63) is 59.4 Å². The summed E-state index contributed by atoms with van der Waals surface area (Å²) in [5, 5.41) is 8.94. The molecular weight excluding hydrogens is 440 g/mol. The Labute approximate surface area is 175 Å². The van der Waals surface area contributed by atoms with Crippen LogP contribution < -0.4 is 10.6 Å². The number of nitriles is 1. The lowest BCUT2D eigenvalue weighted by Crippen LogP contribution is -2.59. The molecule has 0 spiro atoms. The average molecular weight is 456 g/mol. The molecule has 1 heterocycles. The second kappa shape index (κ2) is 8.16. The number of hydrogen-bond acceptors (Lipinski definition) is 5. The van der Waals surface area contributed by atoms with E-state index >= 15 is 0 Å². The van der Waals surface area contributed by atoms with Gasteiger partial charge >= 0.3 is 6.18 Å². The number of benzene rings is 2. The number of carbonyl (C=O) groups is 1. The van der Waals surface area contributed by atoms with Crippen LogP contribution in [0.3, 0.4) is 0 Å². The van der Waals surface area contributed by atoms with Gasteiger partial charge in [0.15, 0.2) is 0 Å². The SMILES string of the molecule is N#Cc1ccc(N2CCN(S(=O)(=O)c3ccccc3F)CC2C(N)=O)cc1C(F)(F)F. The highest BCUT2D eigenvalue weighted by Gasteiger charge is 2.39. The van der Waals surface area contributed by atoms with Gasteiger partial charge in [0, 0.05) is 25.3 Å². The Balaban J connectivity index is 1.96. The Morgan fingerprint density at radius 3 is 2.42 bits per heavy atom. The van der Waals surface area contributed by atoms with Crippen LogP contribution in [-0.2, 0) is 21.0 Å². The number of carbonyl (C=O) groups excluding carboxylic acids is 1. The van der Waals surface area contributed by atoms with E-state index in [1.807, 2.05) is 0 Å². The van der Waals surface area contributed by atoms with E-state index in [1.165, 1.54) is 29.2 Å². The van der Waals surface area contributed by atoms with Crippen molar-refractivity contribution in [2.24, 2.45) is 5.73 Å². The molecule has 1 aliphatic rings. The van der Waals surface area contributed by atoms with Gasteiger partial charge in [-0.1, -0.05) is 12.1 Å². The molecule has 7 nitrogen and oxygen atoms in total. The van der Waals surface area contributed by atoms with Crippen molar-refractivity contribution in [3.8, 4) is 6.07 Å².